The minimum absolute atomic E-state index is 0.0613. The molecule has 0 spiro atoms. The number of rotatable bonds is 3. The average molecular weight is 251 g/mol. The smallest absolute Gasteiger partial charge is 0.397 e. The minimum Gasteiger partial charge on any atom is -0.478 e. The van der Waals surface area contributed by atoms with E-state index in [1.807, 2.05) is 0 Å². The molecule has 1 aromatic rings. The first-order valence-corrected chi connectivity index (χ1v) is 5.27. The van der Waals surface area contributed by atoms with Gasteiger partial charge in [0.05, 0.1) is 17.9 Å². The highest BCUT2D eigenvalue weighted by molar-refractivity contribution is 6.37. The number of carbonyl (C=O) groups is 3. The quantitative estimate of drug-likeness (QED) is 0.622. The molecule has 1 aromatic carbocycles. The van der Waals surface area contributed by atoms with Crippen LogP contribution in [0.4, 0.5) is 5.69 Å². The SMILES string of the molecule is CCOC(=O)C(=O)Nc1ccc(C)cc1C(=O)O. The predicted molar refractivity (Wildman–Crippen MR) is 63.4 cm³/mol. The summed E-state index contributed by atoms with van der Waals surface area (Å²) < 4.78 is 4.50. The van der Waals surface area contributed by atoms with Gasteiger partial charge in [0.25, 0.3) is 0 Å². The molecule has 0 aliphatic rings. The fourth-order valence-electron chi connectivity index (χ4n) is 1.31. The third-order valence-electron chi connectivity index (χ3n) is 2.11. The Morgan fingerprint density at radius 3 is 2.56 bits per heavy atom. The van der Waals surface area contributed by atoms with Crippen molar-refractivity contribution < 1.29 is 24.2 Å². The maximum atomic E-state index is 11.4. The van der Waals surface area contributed by atoms with E-state index in [9.17, 15) is 14.4 Å². The van der Waals surface area contributed by atoms with Gasteiger partial charge in [-0.15, -0.1) is 0 Å². The zero-order valence-electron chi connectivity index (χ0n) is 10.0. The summed E-state index contributed by atoms with van der Waals surface area (Å²) in [6.45, 7) is 3.37. The van der Waals surface area contributed by atoms with Crippen molar-refractivity contribution in [3.8, 4) is 0 Å². The summed E-state index contributed by atoms with van der Waals surface area (Å²) in [7, 11) is 0. The summed E-state index contributed by atoms with van der Waals surface area (Å²) in [5.41, 5.74) is 0.723. The second-order valence-corrected chi connectivity index (χ2v) is 3.53. The molecule has 18 heavy (non-hydrogen) atoms. The molecule has 0 radical (unpaired) electrons. The number of carboxylic acid groups (broad SMARTS) is 1. The van der Waals surface area contributed by atoms with Gasteiger partial charge in [0.2, 0.25) is 0 Å². The van der Waals surface area contributed by atoms with Gasteiger partial charge in [0, 0.05) is 0 Å². The number of nitrogens with one attached hydrogen (secondary N) is 1. The largest absolute Gasteiger partial charge is 0.478 e. The standard InChI is InChI=1S/C12H13NO5/c1-3-18-12(17)10(14)13-9-5-4-7(2)6-8(9)11(15)16/h4-6H,3H2,1-2H3,(H,13,14)(H,15,16). The van der Waals surface area contributed by atoms with Crippen molar-refractivity contribution in [1.29, 1.82) is 0 Å². The van der Waals surface area contributed by atoms with Crippen LogP contribution >= 0.6 is 0 Å². The molecule has 0 saturated carbocycles. The highest BCUT2D eigenvalue weighted by atomic mass is 16.5. The summed E-state index contributed by atoms with van der Waals surface area (Å²) >= 11 is 0. The van der Waals surface area contributed by atoms with Gasteiger partial charge in [-0.3, -0.25) is 4.79 Å². The highest BCUT2D eigenvalue weighted by Crippen LogP contribution is 2.17. The normalized spacial score (nSPS) is 9.67. The van der Waals surface area contributed by atoms with Crippen LogP contribution < -0.4 is 5.32 Å². The van der Waals surface area contributed by atoms with Crippen LogP contribution in [0.15, 0.2) is 18.2 Å². The maximum absolute atomic E-state index is 11.4. The second-order valence-electron chi connectivity index (χ2n) is 3.53. The molecule has 0 unspecified atom stereocenters. The number of anilines is 1. The van der Waals surface area contributed by atoms with E-state index in [0.29, 0.717) is 0 Å². The lowest BCUT2D eigenvalue weighted by molar-refractivity contribution is -0.152. The summed E-state index contributed by atoms with van der Waals surface area (Å²) in [6.07, 6.45) is 0. The van der Waals surface area contributed by atoms with Crippen LogP contribution in [0.2, 0.25) is 0 Å². The summed E-state index contributed by atoms with van der Waals surface area (Å²) in [5, 5.41) is 11.2. The Balaban J connectivity index is 2.94. The van der Waals surface area contributed by atoms with Gasteiger partial charge in [0.15, 0.2) is 0 Å². The number of aromatic carboxylic acids is 1. The van der Waals surface area contributed by atoms with Crippen LogP contribution in [0.3, 0.4) is 0 Å². The molecule has 96 valence electrons. The summed E-state index contributed by atoms with van der Waals surface area (Å²) in [4.78, 5) is 33.5. The van der Waals surface area contributed by atoms with Gasteiger partial charge in [0.1, 0.15) is 0 Å². The molecule has 1 amide bonds. The van der Waals surface area contributed by atoms with E-state index in [0.717, 1.165) is 5.56 Å². The Kier molecular flexibility index (Phi) is 4.42. The molecule has 0 heterocycles. The zero-order chi connectivity index (χ0) is 13.7. The molecule has 2 N–H and O–H groups in total. The van der Waals surface area contributed by atoms with Crippen LogP contribution in [0, 0.1) is 6.92 Å². The third-order valence-corrected chi connectivity index (χ3v) is 2.11. The van der Waals surface area contributed by atoms with Crippen molar-refractivity contribution in [1.82, 2.24) is 0 Å². The maximum Gasteiger partial charge on any atom is 0.397 e. The Labute approximate surface area is 104 Å². The number of benzene rings is 1. The topological polar surface area (TPSA) is 92.7 Å². The third kappa shape index (κ3) is 3.31. The van der Waals surface area contributed by atoms with Crippen LogP contribution in [0.5, 0.6) is 0 Å². The number of carboxylic acids is 1. The van der Waals surface area contributed by atoms with Crippen LogP contribution in [0.25, 0.3) is 0 Å². The molecule has 0 aliphatic heterocycles. The van der Waals surface area contributed by atoms with Gasteiger partial charge >= 0.3 is 17.8 Å². The van der Waals surface area contributed by atoms with Crippen molar-refractivity contribution in [3.05, 3.63) is 29.3 Å². The molecule has 0 saturated heterocycles. The molecule has 0 aliphatic carbocycles. The van der Waals surface area contributed by atoms with E-state index < -0.39 is 17.8 Å². The van der Waals surface area contributed by atoms with E-state index in [-0.39, 0.29) is 17.9 Å². The molecule has 1 rings (SSSR count). The van der Waals surface area contributed by atoms with E-state index >= 15 is 0 Å². The van der Waals surface area contributed by atoms with Crippen molar-refractivity contribution in [2.45, 2.75) is 13.8 Å². The number of esters is 1. The predicted octanol–water partition coefficient (Wildman–Crippen LogP) is 1.19. The molecular formula is C12H13NO5. The van der Waals surface area contributed by atoms with Crippen LogP contribution in [-0.2, 0) is 14.3 Å². The van der Waals surface area contributed by atoms with Crippen LogP contribution in [-0.4, -0.2) is 29.6 Å². The fraction of sp³-hybridized carbons (Fsp3) is 0.250. The van der Waals surface area contributed by atoms with Crippen molar-refractivity contribution in [2.75, 3.05) is 11.9 Å². The van der Waals surface area contributed by atoms with Crippen LogP contribution in [0.1, 0.15) is 22.8 Å². The van der Waals surface area contributed by atoms with Crippen molar-refractivity contribution in [3.63, 3.8) is 0 Å². The first kappa shape index (κ1) is 13.7. The average Bonchev–Trinajstić information content (AvgIpc) is 2.31. The minimum atomic E-state index is -1.18. The Bertz CT molecular complexity index is 495. The first-order valence-electron chi connectivity index (χ1n) is 5.27. The first-order chi connectivity index (χ1) is 8.45. The number of hydrogen-bond acceptors (Lipinski definition) is 4. The monoisotopic (exact) mass is 251 g/mol. The summed E-state index contributed by atoms with van der Waals surface area (Å²) in [5.74, 6) is -3.23. The number of carbonyl (C=O) groups excluding carboxylic acids is 2. The van der Waals surface area contributed by atoms with Gasteiger partial charge in [-0.1, -0.05) is 11.6 Å². The lowest BCUT2D eigenvalue weighted by atomic mass is 10.1. The van der Waals surface area contributed by atoms with Crippen molar-refractivity contribution in [2.24, 2.45) is 0 Å². The molecule has 6 nitrogen and oxygen atoms in total. The lowest BCUT2D eigenvalue weighted by Crippen LogP contribution is -2.26. The van der Waals surface area contributed by atoms with E-state index in [1.165, 1.54) is 12.1 Å². The zero-order valence-corrected chi connectivity index (χ0v) is 10.0. The van der Waals surface area contributed by atoms with Gasteiger partial charge in [-0.05, 0) is 26.0 Å². The van der Waals surface area contributed by atoms with Gasteiger partial charge in [-0.2, -0.15) is 0 Å². The summed E-state index contributed by atoms with van der Waals surface area (Å²) in [6, 6.07) is 4.46. The molecule has 0 atom stereocenters. The van der Waals surface area contributed by atoms with E-state index in [1.54, 1.807) is 19.9 Å². The second kappa shape index (κ2) is 5.81. The van der Waals surface area contributed by atoms with Crippen molar-refractivity contribution >= 4 is 23.5 Å². The van der Waals surface area contributed by atoms with Gasteiger partial charge in [-0.25, -0.2) is 9.59 Å². The Morgan fingerprint density at radius 2 is 2.00 bits per heavy atom. The molecule has 0 fully saturated rings. The van der Waals surface area contributed by atoms with Gasteiger partial charge < -0.3 is 15.2 Å². The number of amides is 1. The van der Waals surface area contributed by atoms with E-state index in [4.69, 9.17) is 5.11 Å². The molecule has 0 aromatic heterocycles. The number of aryl methyl sites for hydroxylation is 1. The van der Waals surface area contributed by atoms with E-state index in [2.05, 4.69) is 10.1 Å². The molecule has 6 heteroatoms. The lowest BCUT2D eigenvalue weighted by Gasteiger charge is -2.08. The Hall–Kier alpha value is -2.37. The molecule has 0 bridgehead atoms. The molecular weight excluding hydrogens is 238 g/mol. The fourth-order valence-corrected chi connectivity index (χ4v) is 1.31. The number of hydrogen-bond donors (Lipinski definition) is 2. The Morgan fingerprint density at radius 1 is 1.33 bits per heavy atom. The number of ether oxygens (including phenoxy) is 1. The highest BCUT2D eigenvalue weighted by Gasteiger charge is 2.18.